The molecule has 0 fully saturated rings. The fraction of sp³-hybridized carbons (Fsp3) is 0.353. The molecule has 0 saturated heterocycles. The highest BCUT2D eigenvalue weighted by Gasteiger charge is 2.21. The van der Waals surface area contributed by atoms with Crippen LogP contribution in [0.4, 0.5) is 0 Å². The number of aromatic nitrogens is 1. The highest BCUT2D eigenvalue weighted by Crippen LogP contribution is 2.19. The van der Waals surface area contributed by atoms with E-state index in [0.717, 1.165) is 22.0 Å². The van der Waals surface area contributed by atoms with Crippen molar-refractivity contribution in [3.8, 4) is 0 Å². The van der Waals surface area contributed by atoms with Gasteiger partial charge in [-0.2, -0.15) is 0 Å². The van der Waals surface area contributed by atoms with Crippen molar-refractivity contribution in [2.75, 3.05) is 13.1 Å². The summed E-state index contributed by atoms with van der Waals surface area (Å²) in [4.78, 5) is 17.4. The van der Waals surface area contributed by atoms with Crippen molar-refractivity contribution in [1.82, 2.24) is 9.88 Å². The summed E-state index contributed by atoms with van der Waals surface area (Å²) in [6.07, 6.45) is 2.47. The lowest BCUT2D eigenvalue weighted by atomic mass is 10.0. The molecule has 0 aliphatic heterocycles. The molecule has 1 aromatic carbocycles. The molecule has 2 rings (SSSR count). The van der Waals surface area contributed by atoms with E-state index < -0.39 is 6.04 Å². The average Bonchev–Trinajstić information content (AvgIpc) is 2.87. The number of carbonyl (C=O) groups is 1. The van der Waals surface area contributed by atoms with Gasteiger partial charge in [0.05, 0.1) is 6.04 Å². The molecule has 1 atom stereocenters. The summed E-state index contributed by atoms with van der Waals surface area (Å²) in [7, 11) is 0. The fourth-order valence-electron chi connectivity index (χ4n) is 2.53. The molecule has 4 nitrogen and oxygen atoms in total. The van der Waals surface area contributed by atoms with Crippen LogP contribution in [0.2, 0.25) is 0 Å². The molecule has 0 aliphatic carbocycles. The Labute approximate surface area is 125 Å². The molecule has 0 aliphatic rings. The standard InChI is InChI=1S/C17H23N3O/c1-4-20(11-12(2)3)17(21)15(18)9-13-10-19-16-8-6-5-7-14(13)16/h5-8,10,15,19H,2,4,9,11,18H2,1,3H3/t15-/m1/s1. The SMILES string of the molecule is C=C(C)CN(CC)C(=O)[C@H](N)Cc1c[nH]c2ccccc12. The van der Waals surface area contributed by atoms with Crippen LogP contribution in [0.15, 0.2) is 42.6 Å². The van der Waals surface area contributed by atoms with E-state index in [1.54, 1.807) is 4.90 Å². The van der Waals surface area contributed by atoms with Gasteiger partial charge in [0.25, 0.3) is 0 Å². The van der Waals surface area contributed by atoms with Crippen LogP contribution in [0.1, 0.15) is 19.4 Å². The van der Waals surface area contributed by atoms with Gasteiger partial charge in [0.1, 0.15) is 0 Å². The average molecular weight is 285 g/mol. The van der Waals surface area contributed by atoms with Gasteiger partial charge in [0.2, 0.25) is 5.91 Å². The van der Waals surface area contributed by atoms with Crippen LogP contribution in [0, 0.1) is 0 Å². The maximum Gasteiger partial charge on any atom is 0.240 e. The second kappa shape index (κ2) is 6.59. The number of nitrogens with one attached hydrogen (secondary N) is 1. The molecule has 0 saturated carbocycles. The number of nitrogens with two attached hydrogens (primary N) is 1. The van der Waals surface area contributed by atoms with Crippen LogP contribution in [-0.4, -0.2) is 34.9 Å². The summed E-state index contributed by atoms with van der Waals surface area (Å²) in [5.74, 6) is -0.0224. The number of nitrogens with zero attached hydrogens (tertiary/aromatic N) is 1. The second-order valence-electron chi connectivity index (χ2n) is 5.48. The maximum absolute atomic E-state index is 12.4. The smallest absolute Gasteiger partial charge is 0.240 e. The number of hydrogen-bond acceptors (Lipinski definition) is 2. The minimum Gasteiger partial charge on any atom is -0.361 e. The van der Waals surface area contributed by atoms with Crippen molar-refractivity contribution in [2.24, 2.45) is 5.73 Å². The Balaban J connectivity index is 2.11. The number of hydrogen-bond donors (Lipinski definition) is 2. The van der Waals surface area contributed by atoms with Crippen molar-refractivity contribution in [1.29, 1.82) is 0 Å². The molecule has 0 unspecified atom stereocenters. The predicted octanol–water partition coefficient (Wildman–Crippen LogP) is 2.46. The lowest BCUT2D eigenvalue weighted by Gasteiger charge is -2.24. The number of para-hydroxylation sites is 1. The molecule has 3 N–H and O–H groups in total. The highest BCUT2D eigenvalue weighted by atomic mass is 16.2. The monoisotopic (exact) mass is 285 g/mol. The number of benzene rings is 1. The Morgan fingerprint density at radius 2 is 2.14 bits per heavy atom. The molecule has 2 aromatic rings. The zero-order valence-electron chi connectivity index (χ0n) is 12.7. The lowest BCUT2D eigenvalue weighted by molar-refractivity contribution is -0.131. The van der Waals surface area contributed by atoms with Crippen LogP contribution in [0.5, 0.6) is 0 Å². The Hall–Kier alpha value is -2.07. The van der Waals surface area contributed by atoms with Gasteiger partial charge < -0.3 is 15.6 Å². The van der Waals surface area contributed by atoms with E-state index >= 15 is 0 Å². The van der Waals surface area contributed by atoms with E-state index in [2.05, 4.69) is 11.6 Å². The van der Waals surface area contributed by atoms with Gasteiger partial charge in [0, 0.05) is 30.2 Å². The van der Waals surface area contributed by atoms with Crippen molar-refractivity contribution in [2.45, 2.75) is 26.3 Å². The lowest BCUT2D eigenvalue weighted by Crippen LogP contribution is -2.45. The summed E-state index contributed by atoms with van der Waals surface area (Å²) in [5.41, 5.74) is 9.23. The van der Waals surface area contributed by atoms with Crippen molar-refractivity contribution >= 4 is 16.8 Å². The van der Waals surface area contributed by atoms with E-state index in [4.69, 9.17) is 5.73 Å². The molecule has 1 aromatic heterocycles. The molecule has 21 heavy (non-hydrogen) atoms. The number of amides is 1. The third-order valence-electron chi connectivity index (χ3n) is 3.59. The van der Waals surface area contributed by atoms with Crippen LogP contribution < -0.4 is 5.73 Å². The van der Waals surface area contributed by atoms with E-state index in [1.807, 2.05) is 44.3 Å². The molecule has 0 bridgehead atoms. The molecule has 1 heterocycles. The second-order valence-corrected chi connectivity index (χ2v) is 5.48. The highest BCUT2D eigenvalue weighted by molar-refractivity contribution is 5.86. The molecule has 0 spiro atoms. The first kappa shape index (κ1) is 15.3. The van der Waals surface area contributed by atoms with Crippen LogP contribution >= 0.6 is 0 Å². The Kier molecular flexibility index (Phi) is 4.81. The number of carbonyl (C=O) groups excluding carboxylic acids is 1. The first-order valence-electron chi connectivity index (χ1n) is 7.26. The van der Waals surface area contributed by atoms with Gasteiger partial charge in [-0.05, 0) is 31.9 Å². The number of rotatable bonds is 6. The molecular weight excluding hydrogens is 262 g/mol. The number of aromatic amines is 1. The van der Waals surface area contributed by atoms with Gasteiger partial charge in [-0.25, -0.2) is 0 Å². The number of fused-ring (bicyclic) bond motifs is 1. The third kappa shape index (κ3) is 3.52. The maximum atomic E-state index is 12.4. The first-order valence-corrected chi connectivity index (χ1v) is 7.26. The van der Waals surface area contributed by atoms with Gasteiger partial charge >= 0.3 is 0 Å². The summed E-state index contributed by atoms with van der Waals surface area (Å²) in [6.45, 7) is 8.95. The van der Waals surface area contributed by atoms with Gasteiger partial charge in [0.15, 0.2) is 0 Å². The fourth-order valence-corrected chi connectivity index (χ4v) is 2.53. The quantitative estimate of drug-likeness (QED) is 0.801. The summed E-state index contributed by atoms with van der Waals surface area (Å²) >= 11 is 0. The minimum atomic E-state index is -0.525. The Morgan fingerprint density at radius 1 is 1.43 bits per heavy atom. The molecule has 112 valence electrons. The Bertz CT molecular complexity index is 644. The topological polar surface area (TPSA) is 62.1 Å². The molecule has 0 radical (unpaired) electrons. The summed E-state index contributed by atoms with van der Waals surface area (Å²) in [6, 6.07) is 7.52. The van der Waals surface area contributed by atoms with E-state index in [0.29, 0.717) is 19.5 Å². The van der Waals surface area contributed by atoms with Crippen LogP contribution in [0.25, 0.3) is 10.9 Å². The normalized spacial score (nSPS) is 12.3. The van der Waals surface area contributed by atoms with Crippen LogP contribution in [0.3, 0.4) is 0 Å². The van der Waals surface area contributed by atoms with Crippen LogP contribution in [-0.2, 0) is 11.2 Å². The number of likely N-dealkylation sites (N-methyl/N-ethyl adjacent to an activating group) is 1. The van der Waals surface area contributed by atoms with Crippen molar-refractivity contribution < 1.29 is 4.79 Å². The van der Waals surface area contributed by atoms with Gasteiger partial charge in [-0.15, -0.1) is 0 Å². The summed E-state index contributed by atoms with van der Waals surface area (Å²) in [5, 5.41) is 1.13. The zero-order valence-corrected chi connectivity index (χ0v) is 12.7. The Morgan fingerprint density at radius 3 is 2.81 bits per heavy atom. The van der Waals surface area contributed by atoms with E-state index in [-0.39, 0.29) is 5.91 Å². The predicted molar refractivity (Wildman–Crippen MR) is 87.0 cm³/mol. The molecular formula is C17H23N3O. The van der Waals surface area contributed by atoms with Crippen molar-refractivity contribution in [3.05, 3.63) is 48.2 Å². The number of H-pyrrole nitrogens is 1. The molecule has 4 heteroatoms. The van der Waals surface area contributed by atoms with Gasteiger partial charge in [-0.3, -0.25) is 4.79 Å². The molecule has 1 amide bonds. The van der Waals surface area contributed by atoms with E-state index in [1.165, 1.54) is 0 Å². The largest absolute Gasteiger partial charge is 0.361 e. The zero-order chi connectivity index (χ0) is 15.4. The summed E-state index contributed by atoms with van der Waals surface area (Å²) < 4.78 is 0. The minimum absolute atomic E-state index is 0.0224. The third-order valence-corrected chi connectivity index (χ3v) is 3.59. The van der Waals surface area contributed by atoms with Gasteiger partial charge in [-0.1, -0.05) is 30.4 Å². The first-order chi connectivity index (χ1) is 10.0. The van der Waals surface area contributed by atoms with Crippen molar-refractivity contribution in [3.63, 3.8) is 0 Å². The van der Waals surface area contributed by atoms with E-state index in [9.17, 15) is 4.79 Å².